The van der Waals surface area contributed by atoms with E-state index in [1.165, 1.54) is 44.9 Å². The third kappa shape index (κ3) is 6.59. The summed E-state index contributed by atoms with van der Waals surface area (Å²) in [5, 5.41) is 15.3. The molecule has 3 saturated heterocycles. The second kappa shape index (κ2) is 14.5. The minimum absolute atomic E-state index is 0.000480. The van der Waals surface area contributed by atoms with Crippen LogP contribution in [0.25, 0.3) is 0 Å². The van der Waals surface area contributed by atoms with E-state index in [1.54, 1.807) is 7.05 Å². The van der Waals surface area contributed by atoms with Crippen LogP contribution < -0.4 is 5.32 Å². The van der Waals surface area contributed by atoms with Gasteiger partial charge in [0.1, 0.15) is 6.10 Å². The zero-order chi connectivity index (χ0) is 37.4. The van der Waals surface area contributed by atoms with Gasteiger partial charge in [0.2, 0.25) is 0 Å². The number of fused-ring (bicyclic) bond motifs is 3. The molecule has 1 spiro atoms. The molecule has 0 radical (unpaired) electrons. The van der Waals surface area contributed by atoms with Crippen LogP contribution in [-0.2, 0) is 18.9 Å². The average Bonchev–Trinajstić information content (AvgIpc) is 3.82. The fourth-order valence-electron chi connectivity index (χ4n) is 13.3. The van der Waals surface area contributed by atoms with Gasteiger partial charge in [0.05, 0.1) is 31.0 Å². The van der Waals surface area contributed by atoms with E-state index in [0.717, 1.165) is 52.0 Å². The first kappa shape index (κ1) is 39.3. The zero-order valence-electron chi connectivity index (χ0n) is 34.5. The summed E-state index contributed by atoms with van der Waals surface area (Å²) in [7, 11) is 1.61. The number of ether oxygens (including phenoxy) is 4. The predicted octanol–water partition coefficient (Wildman–Crippen LogP) is 7.10. The van der Waals surface area contributed by atoms with Crippen molar-refractivity contribution < 1.29 is 28.8 Å². The van der Waals surface area contributed by atoms with Crippen LogP contribution in [0.15, 0.2) is 0 Å². The summed E-state index contributed by atoms with van der Waals surface area (Å²) >= 11 is 0. The van der Waals surface area contributed by atoms with Gasteiger partial charge in [-0.25, -0.2) is 4.79 Å². The van der Waals surface area contributed by atoms with Crippen molar-refractivity contribution in [2.24, 2.45) is 51.2 Å². The Kier molecular flexibility index (Phi) is 11.0. The van der Waals surface area contributed by atoms with Crippen molar-refractivity contribution in [1.29, 1.82) is 0 Å². The Hall–Kier alpha value is -0.970. The molecule has 2 N–H and O–H groups in total. The number of alkyl carbamates (subject to hydrolysis) is 1. The lowest BCUT2D eigenvalue weighted by Crippen LogP contribution is -2.64. The van der Waals surface area contributed by atoms with E-state index in [9.17, 15) is 9.90 Å². The standard InChI is InChI=1S/C43H75N3O6/c1-26(2)36(52-39(48)44-10)31-22-28(5)35-37(50-31)38(47)42(9)32(43(18-19-43)17-16-41(35,42)8)15-14-29-12-11-13-33(40(29,6)7)51-34-25-45(20-21-49-34)30-23-46(24-30)27(3)4/h26-38,47H,11-25H2,1-10H3,(H,44,48). The van der Waals surface area contributed by atoms with Crippen molar-refractivity contribution in [2.45, 2.75) is 175 Å². The van der Waals surface area contributed by atoms with Crippen LogP contribution in [0.3, 0.4) is 0 Å². The van der Waals surface area contributed by atoms with Crippen LogP contribution in [0, 0.1) is 51.2 Å². The Morgan fingerprint density at radius 3 is 2.37 bits per heavy atom. The van der Waals surface area contributed by atoms with E-state index in [2.05, 4.69) is 77.4 Å². The number of nitrogens with zero attached hydrogens (tertiary/aromatic N) is 2. The smallest absolute Gasteiger partial charge is 0.407 e. The Bertz CT molecular complexity index is 1270. The van der Waals surface area contributed by atoms with Gasteiger partial charge in [-0.3, -0.25) is 9.80 Å². The van der Waals surface area contributed by atoms with Gasteiger partial charge in [-0.05, 0) is 117 Å². The van der Waals surface area contributed by atoms with E-state index in [1.807, 2.05) is 0 Å². The summed E-state index contributed by atoms with van der Waals surface area (Å²) in [4.78, 5) is 17.5. The molecule has 0 aromatic carbocycles. The van der Waals surface area contributed by atoms with Gasteiger partial charge in [-0.15, -0.1) is 0 Å². The number of carbonyl (C=O) groups excluding carboxylic acids is 1. The van der Waals surface area contributed by atoms with Crippen LogP contribution in [0.2, 0.25) is 0 Å². The predicted molar refractivity (Wildman–Crippen MR) is 204 cm³/mol. The Morgan fingerprint density at radius 2 is 1.71 bits per heavy atom. The van der Waals surface area contributed by atoms with E-state index >= 15 is 0 Å². The van der Waals surface area contributed by atoms with Gasteiger partial charge < -0.3 is 29.4 Å². The molecular formula is C43H75N3O6. The van der Waals surface area contributed by atoms with Gasteiger partial charge >= 0.3 is 6.09 Å². The molecule has 4 saturated carbocycles. The summed E-state index contributed by atoms with van der Waals surface area (Å²) < 4.78 is 26.1. The van der Waals surface area contributed by atoms with Gasteiger partial charge in [0.15, 0.2) is 6.29 Å². The Balaban J connectivity index is 1.04. The molecule has 9 heteroatoms. The van der Waals surface area contributed by atoms with Gasteiger partial charge in [-0.1, -0.05) is 54.9 Å². The molecule has 3 aliphatic heterocycles. The first-order valence-electron chi connectivity index (χ1n) is 21.5. The molecule has 7 aliphatic rings. The number of nitrogens with one attached hydrogen (secondary N) is 1. The molecule has 7 rings (SSSR count). The SMILES string of the molecule is CNC(=O)OC(C(C)C)C1CC(C)C2C(O1)C(O)C1(C)C(CCC3CCCC(OC4CN(C5CN(C(C)C)C5)CCO4)C3(C)C)C3(CC3)CCC21C. The quantitative estimate of drug-likeness (QED) is 0.246. The zero-order valence-corrected chi connectivity index (χ0v) is 34.5. The van der Waals surface area contributed by atoms with Gasteiger partial charge in [0.25, 0.3) is 0 Å². The fourth-order valence-corrected chi connectivity index (χ4v) is 13.3. The highest BCUT2D eigenvalue weighted by Crippen LogP contribution is 2.77. The van der Waals surface area contributed by atoms with E-state index in [4.69, 9.17) is 18.9 Å². The summed E-state index contributed by atoms with van der Waals surface area (Å²) in [6.45, 7) is 26.0. The molecule has 298 valence electrons. The summed E-state index contributed by atoms with van der Waals surface area (Å²) in [5.74, 6) is 1.84. The topological polar surface area (TPSA) is 92.7 Å². The molecular weight excluding hydrogens is 654 g/mol. The van der Waals surface area contributed by atoms with Crippen molar-refractivity contribution in [3.63, 3.8) is 0 Å². The highest BCUT2D eigenvalue weighted by atomic mass is 16.7. The van der Waals surface area contributed by atoms with E-state index < -0.39 is 12.2 Å². The summed E-state index contributed by atoms with van der Waals surface area (Å²) in [6.07, 6.45) is 10.1. The number of morpholine rings is 1. The maximum atomic E-state index is 12.7. The van der Waals surface area contributed by atoms with Crippen LogP contribution in [0.4, 0.5) is 4.79 Å². The largest absolute Gasteiger partial charge is 0.443 e. The number of rotatable bonds is 10. The highest BCUT2D eigenvalue weighted by Gasteiger charge is 2.75. The van der Waals surface area contributed by atoms with Crippen molar-refractivity contribution in [2.75, 3.05) is 39.8 Å². The molecule has 0 aromatic heterocycles. The lowest BCUT2D eigenvalue weighted by atomic mass is 9.46. The minimum atomic E-state index is -0.534. The number of aliphatic hydroxyl groups is 1. The van der Waals surface area contributed by atoms with Crippen molar-refractivity contribution in [3.8, 4) is 0 Å². The summed E-state index contributed by atoms with van der Waals surface area (Å²) in [5.41, 5.74) is 0.193. The highest BCUT2D eigenvalue weighted by molar-refractivity contribution is 5.66. The number of hydrogen-bond donors (Lipinski definition) is 2. The van der Waals surface area contributed by atoms with Crippen LogP contribution in [-0.4, -0.2) is 110 Å². The van der Waals surface area contributed by atoms with Crippen LogP contribution in [0.5, 0.6) is 0 Å². The monoisotopic (exact) mass is 730 g/mol. The molecule has 12 unspecified atom stereocenters. The molecule has 12 atom stereocenters. The fraction of sp³-hybridized carbons (Fsp3) is 0.977. The van der Waals surface area contributed by atoms with Gasteiger partial charge in [-0.2, -0.15) is 0 Å². The first-order chi connectivity index (χ1) is 24.6. The second-order valence-corrected chi connectivity index (χ2v) is 20.4. The number of carbonyl (C=O) groups is 1. The average molecular weight is 730 g/mol. The Morgan fingerprint density at radius 1 is 1.00 bits per heavy atom. The number of likely N-dealkylation sites (tertiary alicyclic amines) is 1. The first-order valence-corrected chi connectivity index (χ1v) is 21.5. The molecule has 9 nitrogen and oxygen atoms in total. The lowest BCUT2D eigenvalue weighted by molar-refractivity contribution is -0.240. The van der Waals surface area contributed by atoms with Crippen molar-refractivity contribution in [1.82, 2.24) is 15.1 Å². The molecule has 7 fully saturated rings. The third-order valence-electron chi connectivity index (χ3n) is 17.0. The van der Waals surface area contributed by atoms with Crippen molar-refractivity contribution in [3.05, 3.63) is 0 Å². The minimum Gasteiger partial charge on any atom is -0.443 e. The third-order valence-corrected chi connectivity index (χ3v) is 17.0. The molecule has 0 aromatic rings. The van der Waals surface area contributed by atoms with Gasteiger partial charge in [0, 0.05) is 50.7 Å². The van der Waals surface area contributed by atoms with E-state index in [0.29, 0.717) is 41.2 Å². The Labute approximate surface area is 316 Å². The van der Waals surface area contributed by atoms with Crippen LogP contribution >= 0.6 is 0 Å². The molecule has 4 aliphatic carbocycles. The maximum Gasteiger partial charge on any atom is 0.407 e. The van der Waals surface area contributed by atoms with Crippen molar-refractivity contribution >= 4 is 6.09 Å². The lowest BCUT2D eigenvalue weighted by Gasteiger charge is -2.58. The molecule has 1 amide bonds. The maximum absolute atomic E-state index is 12.7. The number of hydrogen-bond acceptors (Lipinski definition) is 8. The molecule has 52 heavy (non-hydrogen) atoms. The van der Waals surface area contributed by atoms with E-state index in [-0.39, 0.29) is 52.9 Å². The normalized spacial score (nSPS) is 43.9. The molecule has 0 bridgehead atoms. The molecule has 3 heterocycles. The second-order valence-electron chi connectivity index (χ2n) is 20.4. The number of aliphatic hydroxyl groups excluding tert-OH is 1. The summed E-state index contributed by atoms with van der Waals surface area (Å²) in [6, 6.07) is 1.25. The number of amides is 1. The van der Waals surface area contributed by atoms with Crippen LogP contribution in [0.1, 0.15) is 127 Å².